The number of rotatable bonds is 5. The van der Waals surface area contributed by atoms with Gasteiger partial charge < -0.3 is 20.4 Å². The Morgan fingerprint density at radius 3 is 2.86 bits per heavy atom. The molecule has 2 rings (SSSR count). The predicted molar refractivity (Wildman–Crippen MR) is 87.6 cm³/mol. The van der Waals surface area contributed by atoms with Crippen molar-refractivity contribution >= 4 is 43.5 Å². The minimum absolute atomic E-state index is 0.296. The maximum atomic E-state index is 12.2. The SMILES string of the molecule is COc1cc(NC(=O)c2cn(CCN)cn2)c(Br)cc1Br. The largest absolute Gasteiger partial charge is 0.495 e. The molecule has 0 radical (unpaired) electrons. The molecule has 0 aliphatic heterocycles. The van der Waals surface area contributed by atoms with Crippen LogP contribution in [0.5, 0.6) is 5.75 Å². The number of nitrogens with one attached hydrogen (secondary N) is 1. The predicted octanol–water partition coefficient (Wildman–Crippen LogP) is 2.63. The Hall–Kier alpha value is -1.38. The average molecular weight is 418 g/mol. The van der Waals surface area contributed by atoms with Gasteiger partial charge in [0, 0.05) is 29.8 Å². The number of carbonyl (C=O) groups is 1. The number of hydrogen-bond donors (Lipinski definition) is 2. The molecule has 1 amide bonds. The summed E-state index contributed by atoms with van der Waals surface area (Å²) in [4.78, 5) is 16.2. The maximum Gasteiger partial charge on any atom is 0.275 e. The van der Waals surface area contributed by atoms with Crippen LogP contribution in [-0.2, 0) is 6.54 Å². The molecule has 8 heteroatoms. The van der Waals surface area contributed by atoms with Crippen LogP contribution in [0.25, 0.3) is 0 Å². The van der Waals surface area contributed by atoms with Crippen LogP contribution in [0.4, 0.5) is 5.69 Å². The minimum atomic E-state index is -0.296. The number of amides is 1. The number of hydrogen-bond acceptors (Lipinski definition) is 4. The highest BCUT2D eigenvalue weighted by atomic mass is 79.9. The molecule has 0 bridgehead atoms. The molecule has 1 aromatic heterocycles. The van der Waals surface area contributed by atoms with Crippen LogP contribution in [0, 0.1) is 0 Å². The molecule has 0 spiro atoms. The molecule has 21 heavy (non-hydrogen) atoms. The van der Waals surface area contributed by atoms with E-state index in [0.717, 1.165) is 8.95 Å². The number of benzene rings is 1. The topological polar surface area (TPSA) is 82.2 Å². The van der Waals surface area contributed by atoms with E-state index in [1.807, 2.05) is 6.07 Å². The van der Waals surface area contributed by atoms with Gasteiger partial charge in [-0.3, -0.25) is 4.79 Å². The third kappa shape index (κ3) is 3.84. The van der Waals surface area contributed by atoms with Crippen LogP contribution in [0.1, 0.15) is 10.5 Å². The molecule has 6 nitrogen and oxygen atoms in total. The zero-order chi connectivity index (χ0) is 15.4. The van der Waals surface area contributed by atoms with Gasteiger partial charge in [-0.25, -0.2) is 4.98 Å². The summed E-state index contributed by atoms with van der Waals surface area (Å²) in [5.74, 6) is 0.331. The van der Waals surface area contributed by atoms with Gasteiger partial charge in [-0.2, -0.15) is 0 Å². The maximum absolute atomic E-state index is 12.2. The van der Waals surface area contributed by atoms with Crippen LogP contribution in [0.15, 0.2) is 33.6 Å². The molecule has 1 heterocycles. The average Bonchev–Trinajstić information content (AvgIpc) is 2.91. The van der Waals surface area contributed by atoms with Gasteiger partial charge in [0.2, 0.25) is 0 Å². The lowest BCUT2D eigenvalue weighted by Gasteiger charge is -2.10. The lowest BCUT2D eigenvalue weighted by Crippen LogP contribution is -2.13. The lowest BCUT2D eigenvalue weighted by atomic mass is 10.3. The molecule has 2 aromatic rings. The van der Waals surface area contributed by atoms with Gasteiger partial charge in [0.25, 0.3) is 5.91 Å². The quantitative estimate of drug-likeness (QED) is 0.783. The Balaban J connectivity index is 2.18. The molecule has 0 saturated carbocycles. The van der Waals surface area contributed by atoms with E-state index in [4.69, 9.17) is 10.5 Å². The van der Waals surface area contributed by atoms with Crippen molar-refractivity contribution in [3.05, 3.63) is 39.3 Å². The van der Waals surface area contributed by atoms with Crippen LogP contribution in [0.2, 0.25) is 0 Å². The van der Waals surface area contributed by atoms with Crippen molar-refractivity contribution in [3.63, 3.8) is 0 Å². The standard InChI is InChI=1S/C13H14Br2N4O2/c1-21-12-5-10(8(14)4-9(12)15)18-13(20)11-6-19(3-2-16)7-17-11/h4-7H,2-3,16H2,1H3,(H,18,20). The van der Waals surface area contributed by atoms with Crippen molar-refractivity contribution in [1.29, 1.82) is 0 Å². The van der Waals surface area contributed by atoms with Crippen molar-refractivity contribution < 1.29 is 9.53 Å². The second-order valence-corrected chi connectivity index (χ2v) is 5.91. The summed E-state index contributed by atoms with van der Waals surface area (Å²) >= 11 is 6.78. The van der Waals surface area contributed by atoms with E-state index >= 15 is 0 Å². The summed E-state index contributed by atoms with van der Waals surface area (Å²) in [7, 11) is 1.56. The van der Waals surface area contributed by atoms with Gasteiger partial charge in [-0.05, 0) is 37.9 Å². The highest BCUT2D eigenvalue weighted by molar-refractivity contribution is 9.11. The molecule has 0 fully saturated rings. The van der Waals surface area contributed by atoms with Crippen LogP contribution < -0.4 is 15.8 Å². The first kappa shape index (κ1) is 16.0. The minimum Gasteiger partial charge on any atom is -0.495 e. The van der Waals surface area contributed by atoms with E-state index in [0.29, 0.717) is 30.2 Å². The number of nitrogens with zero attached hydrogens (tertiary/aromatic N) is 2. The Morgan fingerprint density at radius 2 is 2.19 bits per heavy atom. The van der Waals surface area contributed by atoms with E-state index in [1.54, 1.807) is 30.3 Å². The molecule has 0 atom stereocenters. The molecular weight excluding hydrogens is 404 g/mol. The zero-order valence-electron chi connectivity index (χ0n) is 11.3. The van der Waals surface area contributed by atoms with E-state index in [9.17, 15) is 4.79 Å². The Bertz CT molecular complexity index is 658. The number of aromatic nitrogens is 2. The van der Waals surface area contributed by atoms with Crippen LogP contribution in [0.3, 0.4) is 0 Å². The van der Waals surface area contributed by atoms with E-state index in [-0.39, 0.29) is 5.91 Å². The number of ether oxygens (including phenoxy) is 1. The molecular formula is C13H14Br2N4O2. The second kappa shape index (κ2) is 7.06. The third-order valence-electron chi connectivity index (χ3n) is 2.74. The fraction of sp³-hybridized carbons (Fsp3) is 0.231. The number of halogens is 2. The van der Waals surface area contributed by atoms with Crippen molar-refractivity contribution in [2.75, 3.05) is 19.0 Å². The normalized spacial score (nSPS) is 10.5. The molecule has 3 N–H and O–H groups in total. The molecule has 0 aliphatic carbocycles. The first-order chi connectivity index (χ1) is 10.0. The fourth-order valence-corrected chi connectivity index (χ4v) is 2.97. The van der Waals surface area contributed by atoms with Gasteiger partial charge in [-0.1, -0.05) is 0 Å². The van der Waals surface area contributed by atoms with Crippen LogP contribution >= 0.6 is 31.9 Å². The van der Waals surface area contributed by atoms with Gasteiger partial charge in [0.1, 0.15) is 11.4 Å². The lowest BCUT2D eigenvalue weighted by molar-refractivity contribution is 0.102. The number of carbonyl (C=O) groups excluding carboxylic acids is 1. The summed E-state index contributed by atoms with van der Waals surface area (Å²) in [5.41, 5.74) is 6.40. The third-order valence-corrected chi connectivity index (χ3v) is 4.02. The van der Waals surface area contributed by atoms with Gasteiger partial charge in [-0.15, -0.1) is 0 Å². The van der Waals surface area contributed by atoms with Crippen molar-refractivity contribution in [3.8, 4) is 5.75 Å². The summed E-state index contributed by atoms with van der Waals surface area (Å²) in [6.07, 6.45) is 3.24. The molecule has 1 aromatic carbocycles. The summed E-state index contributed by atoms with van der Waals surface area (Å²) < 4.78 is 8.52. The second-order valence-electron chi connectivity index (χ2n) is 4.21. The number of methoxy groups -OCH3 is 1. The molecule has 0 saturated heterocycles. The number of anilines is 1. The van der Waals surface area contributed by atoms with E-state index in [2.05, 4.69) is 42.2 Å². The zero-order valence-corrected chi connectivity index (χ0v) is 14.4. The Labute approximate surface area is 138 Å². The monoisotopic (exact) mass is 416 g/mol. The summed E-state index contributed by atoms with van der Waals surface area (Å²) in [6, 6.07) is 3.53. The highest BCUT2D eigenvalue weighted by Gasteiger charge is 2.13. The number of imidazole rings is 1. The van der Waals surface area contributed by atoms with Crippen LogP contribution in [-0.4, -0.2) is 29.1 Å². The van der Waals surface area contributed by atoms with E-state index in [1.165, 1.54) is 0 Å². The smallest absolute Gasteiger partial charge is 0.275 e. The fourth-order valence-electron chi connectivity index (χ4n) is 1.72. The highest BCUT2D eigenvalue weighted by Crippen LogP contribution is 2.34. The van der Waals surface area contributed by atoms with Crippen molar-refractivity contribution in [2.24, 2.45) is 5.73 Å². The van der Waals surface area contributed by atoms with Gasteiger partial charge in [0.05, 0.1) is 23.6 Å². The Morgan fingerprint density at radius 1 is 1.43 bits per heavy atom. The first-order valence-electron chi connectivity index (χ1n) is 6.11. The van der Waals surface area contributed by atoms with Gasteiger partial charge >= 0.3 is 0 Å². The number of nitrogens with two attached hydrogens (primary N) is 1. The van der Waals surface area contributed by atoms with Crippen molar-refractivity contribution in [1.82, 2.24) is 9.55 Å². The molecule has 0 aliphatic rings. The Kier molecular flexibility index (Phi) is 5.38. The van der Waals surface area contributed by atoms with Crippen molar-refractivity contribution in [2.45, 2.75) is 6.54 Å². The molecule has 0 unspecified atom stereocenters. The first-order valence-corrected chi connectivity index (χ1v) is 7.70. The summed E-state index contributed by atoms with van der Waals surface area (Å²) in [5, 5.41) is 2.79. The van der Waals surface area contributed by atoms with E-state index < -0.39 is 0 Å². The van der Waals surface area contributed by atoms with Gasteiger partial charge in [0.15, 0.2) is 0 Å². The molecule has 112 valence electrons. The summed E-state index contributed by atoms with van der Waals surface area (Å²) in [6.45, 7) is 1.11.